The van der Waals surface area contributed by atoms with Crippen LogP contribution in [0.4, 0.5) is 8.78 Å². The van der Waals surface area contributed by atoms with E-state index in [0.717, 1.165) is 11.3 Å². The van der Waals surface area contributed by atoms with Crippen LogP contribution in [0.15, 0.2) is 60.9 Å². The summed E-state index contributed by atoms with van der Waals surface area (Å²) in [6.07, 6.45) is 0.738. The fourth-order valence-corrected chi connectivity index (χ4v) is 5.24. The normalized spacial score (nSPS) is 18.3. The van der Waals surface area contributed by atoms with Crippen molar-refractivity contribution < 1.29 is 19.0 Å². The highest BCUT2D eigenvalue weighted by molar-refractivity contribution is 5.45. The van der Waals surface area contributed by atoms with Gasteiger partial charge in [0, 0.05) is 47.7 Å². The van der Waals surface area contributed by atoms with Crippen LogP contribution in [-0.2, 0) is 11.2 Å². The van der Waals surface area contributed by atoms with Crippen molar-refractivity contribution in [3.05, 3.63) is 94.6 Å². The minimum atomic E-state index is -2.44. The van der Waals surface area contributed by atoms with Crippen molar-refractivity contribution in [1.82, 2.24) is 14.9 Å². The number of rotatable bonds is 7. The zero-order valence-electron chi connectivity index (χ0n) is 22.5. The molecule has 0 radical (unpaired) electrons. The maximum absolute atomic E-state index is 13.0. The monoisotopic (exact) mass is 519 g/mol. The Morgan fingerprint density at radius 3 is 2.34 bits per heavy atom. The van der Waals surface area contributed by atoms with E-state index in [-0.39, 0.29) is 6.54 Å². The Morgan fingerprint density at radius 2 is 1.74 bits per heavy atom. The van der Waals surface area contributed by atoms with Gasteiger partial charge in [0.1, 0.15) is 5.60 Å². The summed E-state index contributed by atoms with van der Waals surface area (Å²) in [7, 11) is 0. The van der Waals surface area contributed by atoms with Gasteiger partial charge in [-0.25, -0.2) is 8.78 Å². The first-order chi connectivity index (χ1) is 17.8. The van der Waals surface area contributed by atoms with Crippen LogP contribution in [0.5, 0.6) is 0 Å². The van der Waals surface area contributed by atoms with Crippen molar-refractivity contribution in [2.75, 3.05) is 19.6 Å². The molecule has 1 fully saturated rings. The van der Waals surface area contributed by atoms with Crippen molar-refractivity contribution in [3.63, 3.8) is 0 Å². The molecule has 1 aliphatic heterocycles. The van der Waals surface area contributed by atoms with E-state index in [0.29, 0.717) is 41.4 Å². The molecule has 0 bridgehead atoms. The van der Waals surface area contributed by atoms with Gasteiger partial charge in [0.25, 0.3) is 6.43 Å². The Labute approximate surface area is 223 Å². The van der Waals surface area contributed by atoms with Crippen LogP contribution >= 0.6 is 0 Å². The number of pyridine rings is 2. The molecular formula is C31H35F2N3O2. The molecule has 2 aromatic heterocycles. The van der Waals surface area contributed by atoms with Crippen LogP contribution in [0.1, 0.15) is 67.3 Å². The third-order valence-electron chi connectivity index (χ3n) is 7.40. The second-order valence-corrected chi connectivity index (χ2v) is 11.1. The fraction of sp³-hybridized carbons (Fsp3) is 0.419. The summed E-state index contributed by atoms with van der Waals surface area (Å²) in [5.74, 6) is 6.20. The Hall–Kier alpha value is -3.18. The molecule has 7 heteroatoms. The molecule has 0 amide bonds. The Balaban J connectivity index is 1.73. The number of alkyl halides is 2. The number of aliphatic hydroxyl groups is 2. The van der Waals surface area contributed by atoms with Gasteiger partial charge in [0.05, 0.1) is 12.2 Å². The van der Waals surface area contributed by atoms with Crippen molar-refractivity contribution >= 4 is 0 Å². The smallest absolute Gasteiger partial charge is 0.251 e. The van der Waals surface area contributed by atoms with Crippen molar-refractivity contribution in [1.29, 1.82) is 0 Å². The van der Waals surface area contributed by atoms with E-state index in [4.69, 9.17) is 0 Å². The highest BCUT2D eigenvalue weighted by Gasteiger charge is 2.56. The van der Waals surface area contributed by atoms with Crippen molar-refractivity contribution in [2.45, 2.75) is 58.2 Å². The highest BCUT2D eigenvalue weighted by atomic mass is 19.3. The standard InChI is InChI=1S/C31H35F2N3O2/c1-21(2)24-9-11-25(12-10-24)31(38,29(4)19-36(20-29)18-28(32)33)26-15-23(16-34-17-26)13-14-30(5,37)27-8-6-7-22(3)35-27/h6-12,15-17,21,28,37-38H,18-20H2,1-5H3/t30?,31-/m0/s1. The molecule has 2 atom stereocenters. The molecule has 5 nitrogen and oxygen atoms in total. The van der Waals surface area contributed by atoms with Crippen LogP contribution in [0.2, 0.25) is 0 Å². The summed E-state index contributed by atoms with van der Waals surface area (Å²) >= 11 is 0. The van der Waals surface area contributed by atoms with Gasteiger partial charge in [-0.3, -0.25) is 14.9 Å². The number of hydrogen-bond acceptors (Lipinski definition) is 5. The molecule has 1 aromatic carbocycles. The first-order valence-corrected chi connectivity index (χ1v) is 12.8. The van der Waals surface area contributed by atoms with Crippen LogP contribution in [-0.4, -0.2) is 51.1 Å². The van der Waals surface area contributed by atoms with Gasteiger partial charge in [-0.05, 0) is 49.1 Å². The number of hydrogen-bond donors (Lipinski definition) is 2. The Kier molecular flexibility index (Phi) is 7.72. The van der Waals surface area contributed by atoms with Gasteiger partial charge < -0.3 is 10.2 Å². The average molecular weight is 520 g/mol. The van der Waals surface area contributed by atoms with Crippen LogP contribution in [0, 0.1) is 24.2 Å². The third-order valence-corrected chi connectivity index (χ3v) is 7.40. The molecule has 1 aliphatic rings. The molecular weight excluding hydrogens is 484 g/mol. The maximum atomic E-state index is 13.0. The predicted octanol–water partition coefficient (Wildman–Crippen LogP) is 4.99. The molecule has 38 heavy (non-hydrogen) atoms. The van der Waals surface area contributed by atoms with E-state index in [2.05, 4.69) is 35.7 Å². The van der Waals surface area contributed by atoms with E-state index >= 15 is 0 Å². The van der Waals surface area contributed by atoms with Crippen LogP contribution in [0.3, 0.4) is 0 Å². The number of aryl methyl sites for hydroxylation is 1. The molecule has 0 spiro atoms. The lowest BCUT2D eigenvalue weighted by Crippen LogP contribution is -2.65. The van der Waals surface area contributed by atoms with Crippen LogP contribution in [0.25, 0.3) is 0 Å². The summed E-state index contributed by atoms with van der Waals surface area (Å²) in [6.45, 7) is 9.83. The zero-order chi connectivity index (χ0) is 27.7. The number of aromatic nitrogens is 2. The molecule has 0 saturated carbocycles. The molecule has 3 aromatic rings. The predicted molar refractivity (Wildman–Crippen MR) is 144 cm³/mol. The number of benzene rings is 1. The minimum Gasteiger partial charge on any atom is -0.380 e. The lowest BCUT2D eigenvalue weighted by Gasteiger charge is -2.56. The minimum absolute atomic E-state index is 0.309. The average Bonchev–Trinajstić information content (AvgIpc) is 2.86. The second-order valence-electron chi connectivity index (χ2n) is 11.1. The number of nitrogens with zero attached hydrogens (tertiary/aromatic N) is 3. The topological polar surface area (TPSA) is 69.5 Å². The first-order valence-electron chi connectivity index (χ1n) is 12.8. The SMILES string of the molecule is Cc1cccc(C(C)(O)C#Cc2cncc([C@@](O)(c3ccc(C(C)C)cc3)C3(C)CN(CC(F)F)C3)c2)n1. The van der Waals surface area contributed by atoms with E-state index in [1.807, 2.05) is 50.2 Å². The lowest BCUT2D eigenvalue weighted by atomic mass is 9.62. The van der Waals surface area contributed by atoms with Gasteiger partial charge in [0.2, 0.25) is 0 Å². The number of halogens is 2. The second kappa shape index (κ2) is 10.5. The van der Waals surface area contributed by atoms with Crippen molar-refractivity contribution in [2.24, 2.45) is 5.41 Å². The quantitative estimate of drug-likeness (QED) is 0.431. The highest BCUT2D eigenvalue weighted by Crippen LogP contribution is 2.50. The molecule has 1 saturated heterocycles. The zero-order valence-corrected chi connectivity index (χ0v) is 22.5. The molecule has 1 unspecified atom stereocenters. The Morgan fingerprint density at radius 1 is 1.05 bits per heavy atom. The summed E-state index contributed by atoms with van der Waals surface area (Å²) < 4.78 is 26.1. The molecule has 4 rings (SSSR count). The van der Waals surface area contributed by atoms with Gasteiger partial charge >= 0.3 is 0 Å². The lowest BCUT2D eigenvalue weighted by molar-refractivity contribution is -0.144. The van der Waals surface area contributed by atoms with Gasteiger partial charge in [-0.15, -0.1) is 0 Å². The van der Waals surface area contributed by atoms with E-state index in [1.54, 1.807) is 36.4 Å². The summed E-state index contributed by atoms with van der Waals surface area (Å²) in [6, 6.07) is 14.9. The van der Waals surface area contributed by atoms with E-state index in [9.17, 15) is 19.0 Å². The largest absolute Gasteiger partial charge is 0.380 e. The van der Waals surface area contributed by atoms with Crippen molar-refractivity contribution in [3.8, 4) is 11.8 Å². The summed E-state index contributed by atoms with van der Waals surface area (Å²) in [5.41, 5.74) is 0.351. The molecule has 3 heterocycles. The van der Waals surface area contributed by atoms with Gasteiger partial charge in [-0.1, -0.05) is 62.9 Å². The maximum Gasteiger partial charge on any atom is 0.251 e. The van der Waals surface area contributed by atoms with E-state index < -0.39 is 23.0 Å². The van der Waals surface area contributed by atoms with Crippen LogP contribution < -0.4 is 0 Å². The third kappa shape index (κ3) is 5.49. The fourth-order valence-electron chi connectivity index (χ4n) is 5.24. The van der Waals surface area contributed by atoms with E-state index in [1.165, 1.54) is 0 Å². The molecule has 0 aliphatic carbocycles. The van der Waals surface area contributed by atoms with Gasteiger partial charge in [-0.2, -0.15) is 0 Å². The summed E-state index contributed by atoms with van der Waals surface area (Å²) in [4.78, 5) is 10.4. The molecule has 200 valence electrons. The van der Waals surface area contributed by atoms with Gasteiger partial charge in [0.15, 0.2) is 5.60 Å². The number of likely N-dealkylation sites (tertiary alicyclic amines) is 1. The summed E-state index contributed by atoms with van der Waals surface area (Å²) in [5, 5.41) is 23.4. The molecule has 2 N–H and O–H groups in total. The Bertz CT molecular complexity index is 1340. The first kappa shape index (κ1) is 27.8.